The van der Waals surface area contributed by atoms with Crippen LogP contribution in [0.4, 0.5) is 4.79 Å². The summed E-state index contributed by atoms with van der Waals surface area (Å²) in [6, 6.07) is 2.57. The Bertz CT molecular complexity index is 493. The first kappa shape index (κ1) is 15.7. The Hall–Kier alpha value is -1.21. The second-order valence-corrected chi connectivity index (χ2v) is 7.18. The molecule has 3 rings (SSSR count). The predicted molar refractivity (Wildman–Crippen MR) is 87.0 cm³/mol. The van der Waals surface area contributed by atoms with Gasteiger partial charge in [-0.2, -0.15) is 11.8 Å². The van der Waals surface area contributed by atoms with Crippen molar-refractivity contribution in [2.75, 3.05) is 37.7 Å². The SMILES string of the molecule is Cc1cc(CNC(=O)N2CCN(C3CCSCC3)CC2)on1. The molecule has 2 fully saturated rings. The van der Waals surface area contributed by atoms with Gasteiger partial charge in [0.15, 0.2) is 5.76 Å². The van der Waals surface area contributed by atoms with Gasteiger partial charge in [-0.15, -0.1) is 0 Å². The van der Waals surface area contributed by atoms with E-state index < -0.39 is 0 Å². The predicted octanol–water partition coefficient (Wildman–Crippen LogP) is 1.71. The van der Waals surface area contributed by atoms with Gasteiger partial charge in [0.05, 0.1) is 12.2 Å². The van der Waals surface area contributed by atoms with Crippen LogP contribution in [0.15, 0.2) is 10.6 Å². The Morgan fingerprint density at radius 2 is 2.09 bits per heavy atom. The van der Waals surface area contributed by atoms with Gasteiger partial charge in [-0.1, -0.05) is 5.16 Å². The molecule has 0 saturated carbocycles. The number of urea groups is 1. The van der Waals surface area contributed by atoms with Crippen LogP contribution in [0.25, 0.3) is 0 Å². The molecule has 2 amide bonds. The highest BCUT2D eigenvalue weighted by atomic mass is 32.2. The number of nitrogens with zero attached hydrogens (tertiary/aromatic N) is 3. The van der Waals surface area contributed by atoms with E-state index in [4.69, 9.17) is 4.52 Å². The third-order valence-corrected chi connectivity index (χ3v) is 5.45. The first-order valence-corrected chi connectivity index (χ1v) is 9.14. The van der Waals surface area contributed by atoms with Gasteiger partial charge in [-0.05, 0) is 31.3 Å². The number of aromatic nitrogens is 1. The monoisotopic (exact) mass is 324 g/mol. The van der Waals surface area contributed by atoms with Crippen LogP contribution in [-0.2, 0) is 6.54 Å². The summed E-state index contributed by atoms with van der Waals surface area (Å²) in [6.45, 7) is 5.88. The summed E-state index contributed by atoms with van der Waals surface area (Å²) in [4.78, 5) is 16.7. The summed E-state index contributed by atoms with van der Waals surface area (Å²) in [5.41, 5.74) is 0.837. The van der Waals surface area contributed by atoms with E-state index in [1.807, 2.05) is 17.9 Å². The Morgan fingerprint density at radius 3 is 2.73 bits per heavy atom. The number of hydrogen-bond acceptors (Lipinski definition) is 5. The Balaban J connectivity index is 1.41. The van der Waals surface area contributed by atoms with Gasteiger partial charge in [-0.25, -0.2) is 4.79 Å². The third-order valence-electron chi connectivity index (χ3n) is 4.40. The fraction of sp³-hybridized carbons (Fsp3) is 0.733. The average Bonchev–Trinajstić information content (AvgIpc) is 2.99. The molecule has 0 aromatic carbocycles. The lowest BCUT2D eigenvalue weighted by Gasteiger charge is -2.40. The summed E-state index contributed by atoms with van der Waals surface area (Å²) >= 11 is 2.06. The van der Waals surface area contributed by atoms with Crippen LogP contribution in [0.2, 0.25) is 0 Å². The zero-order chi connectivity index (χ0) is 15.4. The quantitative estimate of drug-likeness (QED) is 0.917. The number of aryl methyl sites for hydroxylation is 1. The van der Waals surface area contributed by atoms with Gasteiger partial charge < -0.3 is 14.7 Å². The molecule has 2 aliphatic rings. The van der Waals surface area contributed by atoms with Crippen molar-refractivity contribution in [1.82, 2.24) is 20.3 Å². The highest BCUT2D eigenvalue weighted by molar-refractivity contribution is 7.99. The van der Waals surface area contributed by atoms with Crippen molar-refractivity contribution in [3.8, 4) is 0 Å². The molecule has 7 heteroatoms. The Kier molecular flexibility index (Phi) is 5.25. The standard InChI is InChI=1S/C15H24N4O2S/c1-12-10-14(21-17-12)11-16-15(20)19-6-4-18(5-7-19)13-2-8-22-9-3-13/h10,13H,2-9,11H2,1H3,(H,16,20). The molecule has 2 aliphatic heterocycles. The van der Waals surface area contributed by atoms with Crippen molar-refractivity contribution in [3.05, 3.63) is 17.5 Å². The van der Waals surface area contributed by atoms with Crippen LogP contribution < -0.4 is 5.32 Å². The summed E-state index contributed by atoms with van der Waals surface area (Å²) in [5.74, 6) is 3.26. The van der Waals surface area contributed by atoms with Gasteiger partial charge in [0.25, 0.3) is 0 Å². The van der Waals surface area contributed by atoms with E-state index in [2.05, 4.69) is 27.1 Å². The number of nitrogens with one attached hydrogen (secondary N) is 1. The molecule has 0 spiro atoms. The van der Waals surface area contributed by atoms with E-state index in [-0.39, 0.29) is 6.03 Å². The maximum absolute atomic E-state index is 12.2. The van der Waals surface area contributed by atoms with Crippen LogP contribution in [0.3, 0.4) is 0 Å². The Labute approximate surface area is 135 Å². The van der Waals surface area contributed by atoms with E-state index in [1.54, 1.807) is 0 Å². The fourth-order valence-electron chi connectivity index (χ4n) is 3.11. The number of carbonyl (C=O) groups is 1. The van der Waals surface area contributed by atoms with E-state index in [1.165, 1.54) is 24.3 Å². The molecule has 1 aromatic rings. The zero-order valence-corrected chi connectivity index (χ0v) is 13.9. The maximum atomic E-state index is 12.2. The van der Waals surface area contributed by atoms with E-state index in [0.29, 0.717) is 12.3 Å². The number of carbonyl (C=O) groups excluding carboxylic acids is 1. The molecule has 122 valence electrons. The van der Waals surface area contributed by atoms with Gasteiger partial charge in [0.2, 0.25) is 0 Å². The molecule has 0 atom stereocenters. The number of hydrogen-bond donors (Lipinski definition) is 1. The molecular weight excluding hydrogens is 300 g/mol. The zero-order valence-electron chi connectivity index (χ0n) is 13.1. The van der Waals surface area contributed by atoms with E-state index in [0.717, 1.165) is 37.9 Å². The number of amides is 2. The minimum absolute atomic E-state index is 0.00657. The van der Waals surface area contributed by atoms with Crippen LogP contribution >= 0.6 is 11.8 Å². The summed E-state index contributed by atoms with van der Waals surface area (Å²) in [7, 11) is 0. The molecule has 2 saturated heterocycles. The van der Waals surface area contributed by atoms with Crippen molar-refractivity contribution in [1.29, 1.82) is 0 Å². The third kappa shape index (κ3) is 3.95. The van der Waals surface area contributed by atoms with Gasteiger partial charge in [0, 0.05) is 38.3 Å². The fourth-order valence-corrected chi connectivity index (χ4v) is 4.20. The molecule has 0 radical (unpaired) electrons. The molecule has 22 heavy (non-hydrogen) atoms. The highest BCUT2D eigenvalue weighted by Gasteiger charge is 2.27. The van der Waals surface area contributed by atoms with Crippen LogP contribution in [0.1, 0.15) is 24.3 Å². The smallest absolute Gasteiger partial charge is 0.317 e. The van der Waals surface area contributed by atoms with Crippen molar-refractivity contribution in [2.24, 2.45) is 0 Å². The minimum atomic E-state index is -0.00657. The molecular formula is C15H24N4O2S. The lowest BCUT2D eigenvalue weighted by atomic mass is 10.1. The van der Waals surface area contributed by atoms with Crippen molar-refractivity contribution < 1.29 is 9.32 Å². The first-order chi connectivity index (χ1) is 10.7. The van der Waals surface area contributed by atoms with E-state index in [9.17, 15) is 4.79 Å². The summed E-state index contributed by atoms with van der Waals surface area (Å²) in [6.07, 6.45) is 2.59. The molecule has 0 aliphatic carbocycles. The number of piperazine rings is 1. The van der Waals surface area contributed by atoms with Crippen molar-refractivity contribution >= 4 is 17.8 Å². The van der Waals surface area contributed by atoms with Crippen LogP contribution in [0, 0.1) is 6.92 Å². The van der Waals surface area contributed by atoms with Gasteiger partial charge in [-0.3, -0.25) is 4.90 Å². The molecule has 1 aromatic heterocycles. The number of rotatable bonds is 3. The highest BCUT2D eigenvalue weighted by Crippen LogP contribution is 2.22. The largest absolute Gasteiger partial charge is 0.359 e. The van der Waals surface area contributed by atoms with Crippen LogP contribution in [-0.4, -0.2) is 64.7 Å². The maximum Gasteiger partial charge on any atom is 0.317 e. The summed E-state index contributed by atoms with van der Waals surface area (Å²) in [5, 5.41) is 6.73. The lowest BCUT2D eigenvalue weighted by Crippen LogP contribution is -2.54. The van der Waals surface area contributed by atoms with E-state index >= 15 is 0 Å². The molecule has 0 unspecified atom stereocenters. The second kappa shape index (κ2) is 7.37. The van der Waals surface area contributed by atoms with Crippen molar-refractivity contribution in [3.63, 3.8) is 0 Å². The topological polar surface area (TPSA) is 61.6 Å². The lowest BCUT2D eigenvalue weighted by molar-refractivity contribution is 0.103. The van der Waals surface area contributed by atoms with Crippen LogP contribution in [0.5, 0.6) is 0 Å². The van der Waals surface area contributed by atoms with Gasteiger partial charge in [0.1, 0.15) is 0 Å². The first-order valence-electron chi connectivity index (χ1n) is 7.99. The number of thioether (sulfide) groups is 1. The normalized spacial score (nSPS) is 21.0. The molecule has 0 bridgehead atoms. The average molecular weight is 324 g/mol. The Morgan fingerprint density at radius 1 is 1.36 bits per heavy atom. The van der Waals surface area contributed by atoms with Gasteiger partial charge >= 0.3 is 6.03 Å². The minimum Gasteiger partial charge on any atom is -0.359 e. The molecule has 3 heterocycles. The summed E-state index contributed by atoms with van der Waals surface area (Å²) < 4.78 is 5.10. The van der Waals surface area contributed by atoms with Crippen molar-refractivity contribution in [2.45, 2.75) is 32.4 Å². The molecule has 6 nitrogen and oxygen atoms in total. The molecule has 1 N–H and O–H groups in total. The second-order valence-electron chi connectivity index (χ2n) is 5.96.